The molecular weight excluding hydrogens is 326 g/mol. The van der Waals surface area contributed by atoms with Gasteiger partial charge < -0.3 is 14.2 Å². The smallest absolute Gasteiger partial charge is 0.253 e. The highest BCUT2D eigenvalue weighted by molar-refractivity contribution is 5.94. The quantitative estimate of drug-likeness (QED) is 0.719. The van der Waals surface area contributed by atoms with E-state index in [1.807, 2.05) is 72.4 Å². The zero-order valence-corrected chi connectivity index (χ0v) is 15.2. The molecule has 1 amide bonds. The average Bonchev–Trinajstić information content (AvgIpc) is 3.12. The molecule has 0 aliphatic carbocycles. The molecule has 1 aliphatic rings. The van der Waals surface area contributed by atoms with E-state index in [-0.39, 0.29) is 11.8 Å². The third kappa shape index (κ3) is 3.17. The van der Waals surface area contributed by atoms with Crippen molar-refractivity contribution in [3.05, 3.63) is 60.0 Å². The van der Waals surface area contributed by atoms with Gasteiger partial charge in [0.15, 0.2) is 11.5 Å². The summed E-state index contributed by atoms with van der Waals surface area (Å²) in [6.45, 7) is 1.44. The Hall–Kier alpha value is -2.82. The molecule has 2 aromatic carbocycles. The molecule has 1 atom stereocenters. The van der Waals surface area contributed by atoms with Crippen LogP contribution in [-0.2, 0) is 0 Å². The molecule has 2 heterocycles. The first-order chi connectivity index (χ1) is 12.6. The summed E-state index contributed by atoms with van der Waals surface area (Å²) in [5, 5.41) is 0. The van der Waals surface area contributed by atoms with Crippen molar-refractivity contribution < 1.29 is 9.21 Å². The highest BCUT2D eigenvalue weighted by Crippen LogP contribution is 2.29. The van der Waals surface area contributed by atoms with Crippen LogP contribution in [0.2, 0.25) is 0 Å². The molecule has 4 rings (SSSR count). The molecule has 0 N–H and O–H groups in total. The fourth-order valence-electron chi connectivity index (χ4n) is 3.51. The molecule has 134 valence electrons. The Bertz CT molecular complexity index is 881. The first-order valence-electron chi connectivity index (χ1n) is 9.04. The summed E-state index contributed by atoms with van der Waals surface area (Å²) in [4.78, 5) is 21.5. The maximum Gasteiger partial charge on any atom is 0.253 e. The lowest BCUT2D eigenvalue weighted by Crippen LogP contribution is -2.39. The summed E-state index contributed by atoms with van der Waals surface area (Å²) in [6, 6.07) is 15.6. The Labute approximate surface area is 153 Å². The minimum atomic E-state index is 0.0797. The monoisotopic (exact) mass is 349 g/mol. The first-order valence-corrected chi connectivity index (χ1v) is 9.04. The highest BCUT2D eigenvalue weighted by Gasteiger charge is 2.28. The third-order valence-electron chi connectivity index (χ3n) is 5.00. The van der Waals surface area contributed by atoms with Crippen LogP contribution in [-0.4, -0.2) is 43.0 Å². The fraction of sp³-hybridized carbons (Fsp3) is 0.333. The Morgan fingerprint density at radius 3 is 2.65 bits per heavy atom. The van der Waals surface area contributed by atoms with Crippen LogP contribution in [0.5, 0.6) is 0 Å². The van der Waals surface area contributed by atoms with Crippen molar-refractivity contribution in [1.29, 1.82) is 0 Å². The molecule has 26 heavy (non-hydrogen) atoms. The number of aromatic nitrogens is 1. The van der Waals surface area contributed by atoms with Gasteiger partial charge in [-0.2, -0.15) is 0 Å². The molecule has 5 heteroatoms. The number of oxazole rings is 1. The largest absolute Gasteiger partial charge is 0.440 e. The molecule has 1 aromatic heterocycles. The Morgan fingerprint density at radius 1 is 1.15 bits per heavy atom. The van der Waals surface area contributed by atoms with E-state index in [1.54, 1.807) is 0 Å². The number of piperidine rings is 1. The van der Waals surface area contributed by atoms with Crippen molar-refractivity contribution in [1.82, 2.24) is 9.88 Å². The normalized spacial score (nSPS) is 17.5. The molecule has 1 fully saturated rings. The number of anilines is 1. The van der Waals surface area contributed by atoms with Crippen LogP contribution < -0.4 is 4.90 Å². The lowest BCUT2D eigenvalue weighted by molar-refractivity contribution is 0.0699. The summed E-state index contributed by atoms with van der Waals surface area (Å²) >= 11 is 0. The van der Waals surface area contributed by atoms with Crippen LogP contribution in [0.15, 0.2) is 52.9 Å². The zero-order valence-electron chi connectivity index (χ0n) is 15.2. The molecule has 1 aliphatic heterocycles. The van der Waals surface area contributed by atoms with Gasteiger partial charge in [0.1, 0.15) is 5.52 Å². The average molecular weight is 349 g/mol. The molecule has 0 bridgehead atoms. The Balaban J connectivity index is 1.51. The second-order valence-corrected chi connectivity index (χ2v) is 7.05. The standard InChI is InChI=1S/C21H23N3O2/c1-23(2)17-11-9-15(10-12-17)21(25)24-13-5-6-16(14-24)20-22-18-7-3-4-8-19(18)26-20/h3-4,7-12,16H,5-6,13-14H2,1-2H3/t16-/m1/s1. The lowest BCUT2D eigenvalue weighted by atomic mass is 9.97. The van der Waals surface area contributed by atoms with Gasteiger partial charge in [0, 0.05) is 38.4 Å². The van der Waals surface area contributed by atoms with E-state index >= 15 is 0 Å². The molecule has 0 radical (unpaired) electrons. The lowest BCUT2D eigenvalue weighted by Gasteiger charge is -2.31. The number of nitrogens with zero attached hydrogens (tertiary/aromatic N) is 3. The van der Waals surface area contributed by atoms with Crippen molar-refractivity contribution in [2.45, 2.75) is 18.8 Å². The first kappa shape index (κ1) is 16.6. The van der Waals surface area contributed by atoms with Crippen molar-refractivity contribution >= 4 is 22.7 Å². The van der Waals surface area contributed by atoms with Crippen LogP contribution in [0, 0.1) is 0 Å². The van der Waals surface area contributed by atoms with E-state index in [2.05, 4.69) is 4.98 Å². The van der Waals surface area contributed by atoms with E-state index in [9.17, 15) is 4.79 Å². The molecule has 5 nitrogen and oxygen atoms in total. The van der Waals surface area contributed by atoms with Gasteiger partial charge in [0.2, 0.25) is 0 Å². The van der Waals surface area contributed by atoms with E-state index in [0.717, 1.165) is 47.6 Å². The summed E-state index contributed by atoms with van der Waals surface area (Å²) in [5.41, 5.74) is 3.51. The molecule has 0 saturated carbocycles. The predicted molar refractivity (Wildman–Crippen MR) is 103 cm³/mol. The molecule has 0 spiro atoms. The minimum Gasteiger partial charge on any atom is -0.440 e. The molecule has 0 unspecified atom stereocenters. The van der Waals surface area contributed by atoms with Crippen molar-refractivity contribution in [2.24, 2.45) is 0 Å². The summed E-state index contributed by atoms with van der Waals surface area (Å²) in [7, 11) is 3.98. The number of para-hydroxylation sites is 2. The Kier molecular flexibility index (Phi) is 4.37. The maximum atomic E-state index is 12.9. The van der Waals surface area contributed by atoms with Crippen molar-refractivity contribution in [3.8, 4) is 0 Å². The number of fused-ring (bicyclic) bond motifs is 1. The van der Waals surface area contributed by atoms with Crippen LogP contribution in [0.25, 0.3) is 11.1 Å². The summed E-state index contributed by atoms with van der Waals surface area (Å²) < 4.78 is 5.93. The number of benzene rings is 2. The van der Waals surface area contributed by atoms with E-state index < -0.39 is 0 Å². The molecule has 1 saturated heterocycles. The second kappa shape index (κ2) is 6.83. The van der Waals surface area contributed by atoms with Crippen LogP contribution in [0.4, 0.5) is 5.69 Å². The van der Waals surface area contributed by atoms with E-state index in [0.29, 0.717) is 6.54 Å². The number of rotatable bonds is 3. The summed E-state index contributed by atoms with van der Waals surface area (Å²) in [5.74, 6) is 0.976. The van der Waals surface area contributed by atoms with E-state index in [4.69, 9.17) is 4.42 Å². The van der Waals surface area contributed by atoms with Gasteiger partial charge in [-0.3, -0.25) is 4.79 Å². The highest BCUT2D eigenvalue weighted by atomic mass is 16.3. The van der Waals surface area contributed by atoms with Crippen LogP contribution >= 0.6 is 0 Å². The van der Waals surface area contributed by atoms with Gasteiger partial charge >= 0.3 is 0 Å². The summed E-state index contributed by atoms with van der Waals surface area (Å²) in [6.07, 6.45) is 1.96. The SMILES string of the molecule is CN(C)c1ccc(C(=O)N2CCC[C@@H](c3nc4ccccc4o3)C2)cc1. The third-order valence-corrected chi connectivity index (χ3v) is 5.00. The van der Waals surface area contributed by atoms with Crippen molar-refractivity contribution in [3.63, 3.8) is 0 Å². The van der Waals surface area contributed by atoms with Gasteiger partial charge in [-0.15, -0.1) is 0 Å². The van der Waals surface area contributed by atoms with Gasteiger partial charge in [0.25, 0.3) is 5.91 Å². The Morgan fingerprint density at radius 2 is 1.92 bits per heavy atom. The van der Waals surface area contributed by atoms with Gasteiger partial charge in [-0.25, -0.2) is 4.98 Å². The minimum absolute atomic E-state index is 0.0797. The van der Waals surface area contributed by atoms with Crippen molar-refractivity contribution in [2.75, 3.05) is 32.1 Å². The number of amides is 1. The number of hydrogen-bond acceptors (Lipinski definition) is 4. The molecular formula is C21H23N3O2. The number of carbonyl (C=O) groups excluding carboxylic acids is 1. The van der Waals surface area contributed by atoms with Gasteiger partial charge in [0.05, 0.1) is 5.92 Å². The van der Waals surface area contributed by atoms with E-state index in [1.165, 1.54) is 0 Å². The topological polar surface area (TPSA) is 49.6 Å². The maximum absolute atomic E-state index is 12.9. The number of likely N-dealkylation sites (tertiary alicyclic amines) is 1. The van der Waals surface area contributed by atoms with Crippen LogP contribution in [0.1, 0.15) is 35.0 Å². The fourth-order valence-corrected chi connectivity index (χ4v) is 3.51. The predicted octanol–water partition coefficient (Wildman–Crippen LogP) is 3.91. The number of hydrogen-bond donors (Lipinski definition) is 0. The zero-order chi connectivity index (χ0) is 18.1. The van der Waals surface area contributed by atoms with Gasteiger partial charge in [-0.1, -0.05) is 12.1 Å². The number of carbonyl (C=O) groups is 1. The second-order valence-electron chi connectivity index (χ2n) is 7.05. The molecule has 3 aromatic rings. The van der Waals surface area contributed by atoms with Crippen LogP contribution in [0.3, 0.4) is 0 Å². The van der Waals surface area contributed by atoms with Gasteiger partial charge in [-0.05, 0) is 49.2 Å².